The Morgan fingerprint density at radius 1 is 1.36 bits per heavy atom. The number of carbonyl (C=O) groups is 2. The SMILES string of the molecule is C=CC(=O)NCC(=O)N[C@@H]1CCCO[C@H]1c1ccc(Cl)cc1. The van der Waals surface area contributed by atoms with E-state index >= 15 is 0 Å². The summed E-state index contributed by atoms with van der Waals surface area (Å²) >= 11 is 5.90. The Morgan fingerprint density at radius 2 is 2.09 bits per heavy atom. The number of hydrogen-bond donors (Lipinski definition) is 2. The molecule has 0 spiro atoms. The van der Waals surface area contributed by atoms with Crippen LogP contribution in [0.1, 0.15) is 24.5 Å². The Bertz CT molecular complexity index is 545. The summed E-state index contributed by atoms with van der Waals surface area (Å²) < 4.78 is 5.80. The predicted molar refractivity (Wildman–Crippen MR) is 84.5 cm³/mol. The van der Waals surface area contributed by atoms with E-state index in [1.807, 2.05) is 12.1 Å². The van der Waals surface area contributed by atoms with Crippen molar-refractivity contribution in [1.29, 1.82) is 0 Å². The molecule has 1 aliphatic rings. The lowest BCUT2D eigenvalue weighted by Gasteiger charge is -2.32. The molecule has 1 saturated heterocycles. The minimum absolute atomic E-state index is 0.0747. The van der Waals surface area contributed by atoms with Gasteiger partial charge in [0.05, 0.1) is 12.6 Å². The minimum Gasteiger partial charge on any atom is -0.371 e. The molecular formula is C16H19ClN2O3. The van der Waals surface area contributed by atoms with Gasteiger partial charge >= 0.3 is 0 Å². The maximum atomic E-state index is 11.9. The average molecular weight is 323 g/mol. The molecule has 2 N–H and O–H groups in total. The molecule has 1 fully saturated rings. The van der Waals surface area contributed by atoms with Crippen molar-refractivity contribution in [3.63, 3.8) is 0 Å². The van der Waals surface area contributed by atoms with Gasteiger partial charge in [-0.2, -0.15) is 0 Å². The zero-order chi connectivity index (χ0) is 15.9. The summed E-state index contributed by atoms with van der Waals surface area (Å²) in [4.78, 5) is 23.0. The largest absolute Gasteiger partial charge is 0.371 e. The van der Waals surface area contributed by atoms with Crippen LogP contribution in [0.15, 0.2) is 36.9 Å². The highest BCUT2D eigenvalue weighted by molar-refractivity contribution is 6.30. The Morgan fingerprint density at radius 3 is 2.77 bits per heavy atom. The number of carbonyl (C=O) groups excluding carboxylic acids is 2. The predicted octanol–water partition coefficient (Wildman–Crippen LogP) is 1.98. The molecule has 0 bridgehead atoms. The fraction of sp³-hybridized carbons (Fsp3) is 0.375. The first-order chi connectivity index (χ1) is 10.6. The molecule has 2 amide bonds. The van der Waals surface area contributed by atoms with E-state index in [0.29, 0.717) is 11.6 Å². The van der Waals surface area contributed by atoms with Gasteiger partial charge in [-0.05, 0) is 36.6 Å². The molecule has 2 atom stereocenters. The molecule has 0 aromatic heterocycles. The van der Waals surface area contributed by atoms with Crippen molar-refractivity contribution in [1.82, 2.24) is 10.6 Å². The zero-order valence-electron chi connectivity index (χ0n) is 12.2. The van der Waals surface area contributed by atoms with Crippen LogP contribution in [-0.4, -0.2) is 31.0 Å². The van der Waals surface area contributed by atoms with Crippen molar-refractivity contribution < 1.29 is 14.3 Å². The van der Waals surface area contributed by atoms with Crippen molar-refractivity contribution in [2.45, 2.75) is 25.0 Å². The number of benzene rings is 1. The van der Waals surface area contributed by atoms with Gasteiger partial charge in [-0.3, -0.25) is 9.59 Å². The van der Waals surface area contributed by atoms with E-state index < -0.39 is 0 Å². The van der Waals surface area contributed by atoms with E-state index in [9.17, 15) is 9.59 Å². The summed E-state index contributed by atoms with van der Waals surface area (Å²) in [6.45, 7) is 3.92. The third kappa shape index (κ3) is 4.58. The average Bonchev–Trinajstić information content (AvgIpc) is 2.54. The monoisotopic (exact) mass is 322 g/mol. The van der Waals surface area contributed by atoms with Crippen molar-refractivity contribution >= 4 is 23.4 Å². The summed E-state index contributed by atoms with van der Waals surface area (Å²) in [5.41, 5.74) is 0.976. The molecule has 118 valence electrons. The van der Waals surface area contributed by atoms with Crippen LogP contribution < -0.4 is 10.6 Å². The molecule has 1 heterocycles. The van der Waals surface area contributed by atoms with E-state index in [-0.39, 0.29) is 30.5 Å². The van der Waals surface area contributed by atoms with Crippen LogP contribution in [0.5, 0.6) is 0 Å². The highest BCUT2D eigenvalue weighted by atomic mass is 35.5. The quantitative estimate of drug-likeness (QED) is 0.815. The summed E-state index contributed by atoms with van der Waals surface area (Å²) in [5, 5.41) is 6.03. The van der Waals surface area contributed by atoms with Gasteiger partial charge in [-0.1, -0.05) is 30.3 Å². The second-order valence-electron chi connectivity index (χ2n) is 5.08. The van der Waals surface area contributed by atoms with Crippen LogP contribution in [0.25, 0.3) is 0 Å². The van der Waals surface area contributed by atoms with E-state index in [4.69, 9.17) is 16.3 Å². The van der Waals surface area contributed by atoms with Gasteiger partial charge in [-0.25, -0.2) is 0 Å². The Hall–Kier alpha value is -1.85. The molecule has 5 nitrogen and oxygen atoms in total. The molecule has 22 heavy (non-hydrogen) atoms. The molecule has 1 aromatic rings. The standard InChI is InChI=1S/C16H19ClN2O3/c1-2-14(20)18-10-15(21)19-13-4-3-9-22-16(13)11-5-7-12(17)8-6-11/h2,5-8,13,16H,1,3-4,9-10H2,(H,18,20)(H,19,21)/t13-,16+/m1/s1. The number of hydrogen-bond acceptors (Lipinski definition) is 3. The lowest BCUT2D eigenvalue weighted by atomic mass is 9.96. The first-order valence-electron chi connectivity index (χ1n) is 7.17. The van der Waals surface area contributed by atoms with Gasteiger partial charge in [0.25, 0.3) is 0 Å². The number of rotatable bonds is 5. The molecule has 0 saturated carbocycles. The summed E-state index contributed by atoms with van der Waals surface area (Å²) in [5.74, 6) is -0.617. The van der Waals surface area contributed by atoms with E-state index in [0.717, 1.165) is 24.5 Å². The smallest absolute Gasteiger partial charge is 0.243 e. The summed E-state index contributed by atoms with van der Waals surface area (Å²) in [6, 6.07) is 7.28. The Balaban J connectivity index is 1.97. The van der Waals surface area contributed by atoms with Gasteiger partial charge in [0.15, 0.2) is 0 Å². The zero-order valence-corrected chi connectivity index (χ0v) is 12.9. The van der Waals surface area contributed by atoms with Crippen LogP contribution in [0.4, 0.5) is 0 Å². The maximum absolute atomic E-state index is 11.9. The van der Waals surface area contributed by atoms with Gasteiger partial charge in [-0.15, -0.1) is 0 Å². The summed E-state index contributed by atoms with van der Waals surface area (Å²) in [7, 11) is 0. The highest BCUT2D eigenvalue weighted by Crippen LogP contribution is 2.29. The normalized spacial score (nSPS) is 21.0. The first kappa shape index (κ1) is 16.5. The number of halogens is 1. The second kappa shape index (κ2) is 7.96. The van der Waals surface area contributed by atoms with Crippen LogP contribution in [0.2, 0.25) is 5.02 Å². The molecule has 0 unspecified atom stereocenters. The van der Waals surface area contributed by atoms with E-state index in [1.54, 1.807) is 12.1 Å². The maximum Gasteiger partial charge on any atom is 0.243 e. The molecule has 1 aliphatic heterocycles. The fourth-order valence-corrected chi connectivity index (χ4v) is 2.53. The third-order valence-corrected chi connectivity index (χ3v) is 3.73. The lowest BCUT2D eigenvalue weighted by Crippen LogP contribution is -2.46. The Labute approximate surface area is 134 Å². The van der Waals surface area contributed by atoms with Gasteiger partial charge < -0.3 is 15.4 Å². The Kier molecular flexibility index (Phi) is 5.98. The van der Waals surface area contributed by atoms with Crippen molar-refractivity contribution in [2.24, 2.45) is 0 Å². The summed E-state index contributed by atoms with van der Waals surface area (Å²) in [6.07, 6.45) is 2.64. The number of ether oxygens (including phenoxy) is 1. The first-order valence-corrected chi connectivity index (χ1v) is 7.54. The topological polar surface area (TPSA) is 67.4 Å². The number of nitrogens with one attached hydrogen (secondary N) is 2. The van der Waals surface area contributed by atoms with E-state index in [1.165, 1.54) is 0 Å². The molecule has 6 heteroatoms. The van der Waals surface area contributed by atoms with Crippen molar-refractivity contribution in [3.05, 3.63) is 47.5 Å². The van der Waals surface area contributed by atoms with Crippen molar-refractivity contribution in [2.75, 3.05) is 13.2 Å². The molecule has 0 radical (unpaired) electrons. The molecule has 1 aromatic carbocycles. The van der Waals surface area contributed by atoms with Crippen LogP contribution in [0.3, 0.4) is 0 Å². The van der Waals surface area contributed by atoms with Crippen LogP contribution >= 0.6 is 11.6 Å². The number of amides is 2. The highest BCUT2D eigenvalue weighted by Gasteiger charge is 2.28. The van der Waals surface area contributed by atoms with Crippen molar-refractivity contribution in [3.8, 4) is 0 Å². The minimum atomic E-state index is -0.371. The molecule has 2 rings (SSSR count). The molecular weight excluding hydrogens is 304 g/mol. The second-order valence-corrected chi connectivity index (χ2v) is 5.52. The van der Waals surface area contributed by atoms with Gasteiger partial charge in [0, 0.05) is 11.6 Å². The molecule has 0 aliphatic carbocycles. The fourth-order valence-electron chi connectivity index (χ4n) is 2.41. The lowest BCUT2D eigenvalue weighted by molar-refractivity contribution is -0.126. The van der Waals surface area contributed by atoms with E-state index in [2.05, 4.69) is 17.2 Å². The third-order valence-electron chi connectivity index (χ3n) is 3.48. The van der Waals surface area contributed by atoms with Crippen LogP contribution in [-0.2, 0) is 14.3 Å². The van der Waals surface area contributed by atoms with Gasteiger partial charge in [0.1, 0.15) is 6.10 Å². The van der Waals surface area contributed by atoms with Gasteiger partial charge in [0.2, 0.25) is 11.8 Å². The van der Waals surface area contributed by atoms with Crippen LogP contribution in [0, 0.1) is 0 Å².